The maximum absolute atomic E-state index is 12.2. The van der Waals surface area contributed by atoms with Gasteiger partial charge in [-0.25, -0.2) is 4.79 Å². The Morgan fingerprint density at radius 1 is 0.816 bits per heavy atom. The van der Waals surface area contributed by atoms with E-state index in [0.717, 1.165) is 33.5 Å². The molecular weight excluding hydrogens is 488 g/mol. The van der Waals surface area contributed by atoms with Crippen LogP contribution in [0.15, 0.2) is 107 Å². The molecule has 1 aromatic heterocycles. The standard InChI is InChI=1S/C29H26N2O7/c1-36-24-14-12-23(13-15-24)29(21-8-4-2-5-9-21,22-10-6-3-7-11-22)37-20-25(18-32)38-27(19-33)31-17-16-26(34)30-28(31)35/h2-19,25,27H,20H2,1H3,(H,30,34,35)/t25-,27+/m0/s1. The number of carbonyl (C=O) groups excluding carboxylic acids is 2. The van der Waals surface area contributed by atoms with Crippen molar-refractivity contribution in [1.29, 1.82) is 0 Å². The van der Waals surface area contributed by atoms with Gasteiger partial charge < -0.3 is 19.0 Å². The molecule has 1 N–H and O–H groups in total. The summed E-state index contributed by atoms with van der Waals surface area (Å²) in [6.07, 6.45) is -0.696. The van der Waals surface area contributed by atoms with E-state index in [1.165, 1.54) is 0 Å². The van der Waals surface area contributed by atoms with E-state index < -0.39 is 29.2 Å². The summed E-state index contributed by atoms with van der Waals surface area (Å²) in [4.78, 5) is 49.5. The van der Waals surface area contributed by atoms with Crippen molar-refractivity contribution in [2.45, 2.75) is 17.9 Å². The molecule has 3 aromatic carbocycles. The Kier molecular flexibility index (Phi) is 8.42. The third-order valence-corrected chi connectivity index (χ3v) is 6.03. The van der Waals surface area contributed by atoms with Gasteiger partial charge in [-0.05, 0) is 28.8 Å². The first-order valence-electron chi connectivity index (χ1n) is 11.8. The van der Waals surface area contributed by atoms with Crippen LogP contribution in [0, 0.1) is 0 Å². The smallest absolute Gasteiger partial charge is 0.330 e. The number of aromatic amines is 1. The van der Waals surface area contributed by atoms with Gasteiger partial charge in [0.1, 0.15) is 17.5 Å². The predicted molar refractivity (Wildman–Crippen MR) is 139 cm³/mol. The lowest BCUT2D eigenvalue weighted by atomic mass is 9.80. The summed E-state index contributed by atoms with van der Waals surface area (Å²) in [7, 11) is 1.58. The number of nitrogens with one attached hydrogen (secondary N) is 1. The molecule has 9 nitrogen and oxygen atoms in total. The summed E-state index contributed by atoms with van der Waals surface area (Å²) >= 11 is 0. The van der Waals surface area contributed by atoms with Gasteiger partial charge in [-0.2, -0.15) is 0 Å². The van der Waals surface area contributed by atoms with E-state index in [-0.39, 0.29) is 6.61 Å². The van der Waals surface area contributed by atoms with E-state index in [1.807, 2.05) is 84.9 Å². The van der Waals surface area contributed by atoms with Crippen LogP contribution >= 0.6 is 0 Å². The SMILES string of the molecule is COc1ccc(C(OC[C@H](C=O)O[C@H](C=O)n2ccc(=O)[nH]c2=O)(c2ccccc2)c2ccccc2)cc1. The van der Waals surface area contributed by atoms with Gasteiger partial charge in [0.25, 0.3) is 5.56 Å². The molecule has 0 saturated carbocycles. The maximum atomic E-state index is 12.2. The fourth-order valence-corrected chi connectivity index (χ4v) is 4.21. The number of aromatic nitrogens is 2. The summed E-state index contributed by atoms with van der Waals surface area (Å²) in [5.74, 6) is 0.665. The number of rotatable bonds is 12. The number of hydrogen-bond acceptors (Lipinski definition) is 7. The Labute approximate surface area is 218 Å². The number of hydrogen-bond donors (Lipinski definition) is 1. The Hall–Kier alpha value is -4.60. The summed E-state index contributed by atoms with van der Waals surface area (Å²) in [6.45, 7) is -0.262. The van der Waals surface area contributed by atoms with Gasteiger partial charge in [0.05, 0.1) is 13.7 Å². The number of nitrogens with zero attached hydrogens (tertiary/aromatic N) is 1. The average Bonchev–Trinajstić information content (AvgIpc) is 2.97. The Morgan fingerprint density at radius 3 is 1.89 bits per heavy atom. The lowest BCUT2D eigenvalue weighted by molar-refractivity contribution is -0.147. The fraction of sp³-hybridized carbons (Fsp3) is 0.172. The highest BCUT2D eigenvalue weighted by molar-refractivity contribution is 5.59. The molecule has 194 valence electrons. The van der Waals surface area contributed by atoms with Crippen molar-refractivity contribution in [2.75, 3.05) is 13.7 Å². The number of carbonyl (C=O) groups is 2. The molecule has 9 heteroatoms. The van der Waals surface area contributed by atoms with E-state index in [2.05, 4.69) is 4.98 Å². The zero-order valence-electron chi connectivity index (χ0n) is 20.6. The van der Waals surface area contributed by atoms with Gasteiger partial charge in [0, 0.05) is 12.3 Å². The Balaban J connectivity index is 1.74. The predicted octanol–water partition coefficient (Wildman–Crippen LogP) is 2.84. The number of ether oxygens (including phenoxy) is 3. The van der Waals surface area contributed by atoms with Gasteiger partial charge in [0.15, 0.2) is 18.8 Å². The summed E-state index contributed by atoms with van der Waals surface area (Å²) < 4.78 is 18.5. The zero-order valence-corrected chi connectivity index (χ0v) is 20.6. The van der Waals surface area contributed by atoms with Crippen LogP contribution in [0.25, 0.3) is 0 Å². The number of benzene rings is 3. The maximum Gasteiger partial charge on any atom is 0.330 e. The summed E-state index contributed by atoms with van der Waals surface area (Å²) in [6, 6.07) is 27.5. The van der Waals surface area contributed by atoms with Crippen LogP contribution in [0.3, 0.4) is 0 Å². The van der Waals surface area contributed by atoms with Crippen molar-refractivity contribution in [2.24, 2.45) is 0 Å². The molecule has 0 radical (unpaired) electrons. The van der Waals surface area contributed by atoms with Crippen molar-refractivity contribution in [3.63, 3.8) is 0 Å². The van der Waals surface area contributed by atoms with Crippen LogP contribution in [0.4, 0.5) is 0 Å². The first kappa shape index (κ1) is 26.5. The second-order valence-corrected chi connectivity index (χ2v) is 8.31. The van der Waals surface area contributed by atoms with Crippen LogP contribution in [0.1, 0.15) is 22.9 Å². The molecule has 1 heterocycles. The van der Waals surface area contributed by atoms with Gasteiger partial charge in [-0.3, -0.25) is 19.1 Å². The molecule has 0 saturated heterocycles. The van der Waals surface area contributed by atoms with E-state index in [9.17, 15) is 19.2 Å². The van der Waals surface area contributed by atoms with Gasteiger partial charge in [-0.1, -0.05) is 72.8 Å². The molecule has 4 aromatic rings. The second-order valence-electron chi connectivity index (χ2n) is 8.31. The first-order chi connectivity index (χ1) is 18.5. The van der Waals surface area contributed by atoms with E-state index >= 15 is 0 Å². The molecular formula is C29H26N2O7. The minimum absolute atomic E-state index is 0.262. The molecule has 4 rings (SSSR count). The van der Waals surface area contributed by atoms with Crippen molar-refractivity contribution < 1.29 is 23.8 Å². The molecule has 0 aliphatic rings. The molecule has 0 amide bonds. The van der Waals surface area contributed by atoms with Crippen LogP contribution < -0.4 is 16.0 Å². The van der Waals surface area contributed by atoms with Crippen molar-refractivity contribution in [1.82, 2.24) is 9.55 Å². The fourth-order valence-electron chi connectivity index (χ4n) is 4.21. The molecule has 0 aliphatic carbocycles. The first-order valence-corrected chi connectivity index (χ1v) is 11.8. The third-order valence-electron chi connectivity index (χ3n) is 6.03. The normalized spacial score (nSPS) is 12.9. The van der Waals surface area contributed by atoms with E-state index in [4.69, 9.17) is 14.2 Å². The van der Waals surface area contributed by atoms with Crippen LogP contribution in [-0.2, 0) is 24.7 Å². The highest BCUT2D eigenvalue weighted by Gasteiger charge is 2.38. The van der Waals surface area contributed by atoms with Gasteiger partial charge in [-0.15, -0.1) is 0 Å². The lowest BCUT2D eigenvalue weighted by Gasteiger charge is -2.36. The average molecular weight is 515 g/mol. The molecule has 38 heavy (non-hydrogen) atoms. The number of methoxy groups -OCH3 is 1. The molecule has 0 bridgehead atoms. The van der Waals surface area contributed by atoms with Crippen LogP contribution in [0.5, 0.6) is 5.75 Å². The van der Waals surface area contributed by atoms with Gasteiger partial charge >= 0.3 is 5.69 Å². The molecule has 0 spiro atoms. The Bertz CT molecular complexity index is 1430. The molecule has 0 unspecified atom stereocenters. The summed E-state index contributed by atoms with van der Waals surface area (Å²) in [5, 5.41) is 0. The molecule has 0 aliphatic heterocycles. The van der Waals surface area contributed by atoms with Crippen molar-refractivity contribution in [3.8, 4) is 5.75 Å². The molecule has 0 fully saturated rings. The highest BCUT2D eigenvalue weighted by atomic mass is 16.6. The lowest BCUT2D eigenvalue weighted by Crippen LogP contribution is -2.39. The third kappa shape index (κ3) is 5.54. The van der Waals surface area contributed by atoms with Crippen molar-refractivity contribution in [3.05, 3.63) is 135 Å². The van der Waals surface area contributed by atoms with Gasteiger partial charge in [0.2, 0.25) is 0 Å². The number of H-pyrrole nitrogens is 1. The van der Waals surface area contributed by atoms with Crippen LogP contribution in [-0.4, -0.2) is 41.9 Å². The number of aldehydes is 2. The topological polar surface area (TPSA) is 117 Å². The largest absolute Gasteiger partial charge is 0.497 e. The monoisotopic (exact) mass is 514 g/mol. The quantitative estimate of drug-likeness (QED) is 0.228. The highest BCUT2D eigenvalue weighted by Crippen LogP contribution is 2.41. The Morgan fingerprint density at radius 2 is 1.39 bits per heavy atom. The molecule has 2 atom stereocenters. The van der Waals surface area contributed by atoms with E-state index in [0.29, 0.717) is 18.3 Å². The van der Waals surface area contributed by atoms with Crippen molar-refractivity contribution >= 4 is 12.6 Å². The van der Waals surface area contributed by atoms with E-state index in [1.54, 1.807) is 7.11 Å². The minimum Gasteiger partial charge on any atom is -0.497 e. The van der Waals surface area contributed by atoms with Crippen LogP contribution in [0.2, 0.25) is 0 Å². The minimum atomic E-state index is -1.46. The second kappa shape index (κ2) is 12.1. The zero-order chi connectivity index (χ0) is 27.0. The summed E-state index contributed by atoms with van der Waals surface area (Å²) in [5.41, 5.74) is -0.272.